The summed E-state index contributed by atoms with van der Waals surface area (Å²) in [6.07, 6.45) is 1.86. The Labute approximate surface area is 78.0 Å². The normalized spacial score (nSPS) is 10.2. The first-order valence-corrected chi connectivity index (χ1v) is 5.17. The lowest BCUT2D eigenvalue weighted by Gasteiger charge is -2.01. The smallest absolute Gasteiger partial charge is 0.185 e. The van der Waals surface area contributed by atoms with Crippen LogP contribution in [0.3, 0.4) is 0 Å². The molecule has 0 saturated carbocycles. The van der Waals surface area contributed by atoms with Crippen molar-refractivity contribution in [1.82, 2.24) is 0 Å². The molecule has 4 heteroatoms. The highest BCUT2D eigenvalue weighted by atomic mass is 32.2. The van der Waals surface area contributed by atoms with Crippen LogP contribution in [0.2, 0.25) is 0 Å². The van der Waals surface area contributed by atoms with E-state index in [0.717, 1.165) is 31.8 Å². The van der Waals surface area contributed by atoms with Crippen LogP contribution >= 0.6 is 11.8 Å². The number of carbonyl (C=O) groups is 1. The molecule has 0 aromatic rings. The third-order valence-corrected chi connectivity index (χ3v) is 2.13. The van der Waals surface area contributed by atoms with Gasteiger partial charge in [-0.3, -0.25) is 4.79 Å². The number of hydrogen-bond acceptors (Lipinski definition) is 4. The molecule has 0 aromatic carbocycles. The van der Waals surface area contributed by atoms with Crippen LogP contribution in [0, 0.1) is 0 Å². The van der Waals surface area contributed by atoms with Crippen molar-refractivity contribution in [2.24, 2.45) is 5.73 Å². The van der Waals surface area contributed by atoms with Crippen molar-refractivity contribution in [3.05, 3.63) is 0 Å². The van der Waals surface area contributed by atoms with Crippen LogP contribution in [0.4, 0.5) is 0 Å². The third kappa shape index (κ3) is 9.94. The molecule has 0 aliphatic heterocycles. The maximum atomic E-state index is 10.5. The van der Waals surface area contributed by atoms with Gasteiger partial charge < -0.3 is 10.5 Å². The fourth-order valence-corrected chi connectivity index (χ4v) is 1.21. The molecule has 0 aromatic heterocycles. The first kappa shape index (κ1) is 11.9. The SMILES string of the molecule is CC(=O)SCCCOCCCN. The van der Waals surface area contributed by atoms with Gasteiger partial charge in [-0.25, -0.2) is 0 Å². The van der Waals surface area contributed by atoms with E-state index in [1.54, 1.807) is 6.92 Å². The van der Waals surface area contributed by atoms with Crippen LogP contribution in [-0.4, -0.2) is 30.6 Å². The summed E-state index contributed by atoms with van der Waals surface area (Å²) in [4.78, 5) is 10.5. The van der Waals surface area contributed by atoms with Crippen molar-refractivity contribution in [3.63, 3.8) is 0 Å². The van der Waals surface area contributed by atoms with E-state index in [2.05, 4.69) is 0 Å². The molecule has 0 aliphatic rings. The zero-order valence-corrected chi connectivity index (χ0v) is 8.36. The molecule has 12 heavy (non-hydrogen) atoms. The van der Waals surface area contributed by atoms with Crippen molar-refractivity contribution in [2.45, 2.75) is 19.8 Å². The highest BCUT2D eigenvalue weighted by Gasteiger charge is 1.93. The summed E-state index contributed by atoms with van der Waals surface area (Å²) in [6.45, 7) is 3.74. The predicted molar refractivity (Wildman–Crippen MR) is 52.2 cm³/mol. The lowest BCUT2D eigenvalue weighted by atomic mass is 10.4. The van der Waals surface area contributed by atoms with Gasteiger partial charge in [-0.05, 0) is 19.4 Å². The molecule has 3 nitrogen and oxygen atoms in total. The summed E-state index contributed by atoms with van der Waals surface area (Å²) < 4.78 is 5.25. The van der Waals surface area contributed by atoms with Crippen LogP contribution in [0.15, 0.2) is 0 Å². The third-order valence-electron chi connectivity index (χ3n) is 1.23. The molecule has 0 aliphatic carbocycles. The van der Waals surface area contributed by atoms with Crippen molar-refractivity contribution in [1.29, 1.82) is 0 Å². The van der Waals surface area contributed by atoms with Gasteiger partial charge in [0.2, 0.25) is 0 Å². The summed E-state index contributed by atoms with van der Waals surface area (Å²) in [7, 11) is 0. The van der Waals surface area contributed by atoms with E-state index in [9.17, 15) is 4.79 Å². The van der Waals surface area contributed by atoms with Crippen LogP contribution < -0.4 is 5.73 Å². The Kier molecular flexibility index (Phi) is 8.99. The Hall–Kier alpha value is -0.0600. The maximum absolute atomic E-state index is 10.5. The second-order valence-electron chi connectivity index (χ2n) is 2.45. The zero-order chi connectivity index (χ0) is 9.23. The Balaban J connectivity index is 2.86. The molecule has 0 spiro atoms. The fraction of sp³-hybridized carbons (Fsp3) is 0.875. The van der Waals surface area contributed by atoms with Gasteiger partial charge in [0.15, 0.2) is 5.12 Å². The van der Waals surface area contributed by atoms with E-state index in [1.807, 2.05) is 0 Å². The Morgan fingerprint density at radius 3 is 2.67 bits per heavy atom. The van der Waals surface area contributed by atoms with Crippen molar-refractivity contribution < 1.29 is 9.53 Å². The Bertz CT molecular complexity index is 120. The van der Waals surface area contributed by atoms with E-state index < -0.39 is 0 Å². The molecular formula is C8H17NO2S. The van der Waals surface area contributed by atoms with E-state index in [0.29, 0.717) is 6.54 Å². The van der Waals surface area contributed by atoms with Gasteiger partial charge in [0.05, 0.1) is 0 Å². The van der Waals surface area contributed by atoms with Crippen LogP contribution in [0.1, 0.15) is 19.8 Å². The predicted octanol–water partition coefficient (Wildman–Crippen LogP) is 1.02. The minimum atomic E-state index is 0.178. The lowest BCUT2D eigenvalue weighted by Crippen LogP contribution is -2.05. The molecule has 0 rings (SSSR count). The molecule has 2 N–H and O–H groups in total. The van der Waals surface area contributed by atoms with Gasteiger partial charge in [-0.1, -0.05) is 11.8 Å². The summed E-state index contributed by atoms with van der Waals surface area (Å²) >= 11 is 1.35. The largest absolute Gasteiger partial charge is 0.381 e. The van der Waals surface area contributed by atoms with Crippen molar-refractivity contribution >= 4 is 16.9 Å². The number of nitrogens with two attached hydrogens (primary N) is 1. The molecule has 0 heterocycles. The average molecular weight is 191 g/mol. The average Bonchev–Trinajstić information content (AvgIpc) is 2.02. The molecule has 72 valence electrons. The number of hydrogen-bond donors (Lipinski definition) is 1. The summed E-state index contributed by atoms with van der Waals surface area (Å²) in [6, 6.07) is 0. The second-order valence-corrected chi connectivity index (χ2v) is 3.72. The zero-order valence-electron chi connectivity index (χ0n) is 7.54. The van der Waals surface area contributed by atoms with E-state index >= 15 is 0 Å². The summed E-state index contributed by atoms with van der Waals surface area (Å²) in [5.41, 5.74) is 5.28. The minimum absolute atomic E-state index is 0.178. The van der Waals surface area contributed by atoms with Gasteiger partial charge in [-0.15, -0.1) is 0 Å². The number of rotatable bonds is 7. The lowest BCUT2D eigenvalue weighted by molar-refractivity contribution is -0.109. The van der Waals surface area contributed by atoms with Crippen molar-refractivity contribution in [3.8, 4) is 0 Å². The highest BCUT2D eigenvalue weighted by Crippen LogP contribution is 2.02. The van der Waals surface area contributed by atoms with Gasteiger partial charge >= 0.3 is 0 Å². The molecular weight excluding hydrogens is 174 g/mol. The summed E-state index contributed by atoms with van der Waals surface area (Å²) in [5.74, 6) is 0.859. The van der Waals surface area contributed by atoms with Crippen LogP contribution in [0.25, 0.3) is 0 Å². The summed E-state index contributed by atoms with van der Waals surface area (Å²) in [5, 5.41) is 0.178. The second kappa shape index (κ2) is 9.03. The topological polar surface area (TPSA) is 52.3 Å². The first-order chi connectivity index (χ1) is 5.77. The monoisotopic (exact) mass is 191 g/mol. The van der Waals surface area contributed by atoms with Crippen LogP contribution in [-0.2, 0) is 9.53 Å². The molecule has 0 unspecified atom stereocenters. The van der Waals surface area contributed by atoms with E-state index in [-0.39, 0.29) is 5.12 Å². The van der Waals surface area contributed by atoms with Gasteiger partial charge in [0.25, 0.3) is 0 Å². The number of thioether (sulfide) groups is 1. The van der Waals surface area contributed by atoms with E-state index in [1.165, 1.54) is 11.8 Å². The quantitative estimate of drug-likeness (QED) is 0.610. The Morgan fingerprint density at radius 2 is 2.08 bits per heavy atom. The van der Waals surface area contributed by atoms with Crippen LogP contribution in [0.5, 0.6) is 0 Å². The molecule has 0 bridgehead atoms. The van der Waals surface area contributed by atoms with Gasteiger partial charge in [0.1, 0.15) is 0 Å². The standard InChI is InChI=1S/C8H17NO2S/c1-8(10)12-7-3-6-11-5-2-4-9/h2-7,9H2,1H3. The molecule has 0 fully saturated rings. The number of carbonyl (C=O) groups excluding carboxylic acids is 1. The maximum Gasteiger partial charge on any atom is 0.185 e. The molecule has 0 amide bonds. The van der Waals surface area contributed by atoms with Gasteiger partial charge in [-0.2, -0.15) is 0 Å². The first-order valence-electron chi connectivity index (χ1n) is 4.18. The molecule has 0 atom stereocenters. The van der Waals surface area contributed by atoms with Crippen molar-refractivity contribution in [2.75, 3.05) is 25.5 Å². The van der Waals surface area contributed by atoms with Gasteiger partial charge in [0, 0.05) is 25.9 Å². The van der Waals surface area contributed by atoms with E-state index in [4.69, 9.17) is 10.5 Å². The Morgan fingerprint density at radius 1 is 1.42 bits per heavy atom. The highest BCUT2D eigenvalue weighted by molar-refractivity contribution is 8.13. The fourth-order valence-electron chi connectivity index (χ4n) is 0.664. The molecule has 0 saturated heterocycles. The molecule has 0 radical (unpaired) electrons. The minimum Gasteiger partial charge on any atom is -0.381 e. The number of ether oxygens (including phenoxy) is 1.